The molecule has 1 saturated heterocycles. The molecule has 3 amide bonds. The number of H-pyrrole nitrogens is 2. The predicted octanol–water partition coefficient (Wildman–Crippen LogP) is 1.67. The molecule has 11 heteroatoms. The number of hydrogen-bond donors (Lipinski definition) is 5. The fourth-order valence-electron chi connectivity index (χ4n) is 4.72. The van der Waals surface area contributed by atoms with E-state index in [1.807, 2.05) is 54.6 Å². The zero-order valence-corrected chi connectivity index (χ0v) is 21.7. The Bertz CT molecular complexity index is 1480. The summed E-state index contributed by atoms with van der Waals surface area (Å²) < 4.78 is 5.60. The highest BCUT2D eigenvalue weighted by atomic mass is 16.5. The molecule has 40 heavy (non-hydrogen) atoms. The lowest BCUT2D eigenvalue weighted by atomic mass is 10.0. The molecule has 206 valence electrons. The standard InChI is InChI=1S/C29H30N6O5/c36-26-11-10-23(33-26)27(37)34-24(13-20-15-30-17-32-20)28(38)35-25(29(39)40-16-18-6-2-1-3-7-18)12-19-14-31-22-9-5-4-8-21(19)22/h1-9,14-15,17,23-25,31H,10-13,16H2,(H,30,32)(H,33,36)(H,34,37)(H,35,38)/t23-,24-,25-/m0/s1. The van der Waals surface area contributed by atoms with Crippen LogP contribution < -0.4 is 16.0 Å². The maximum Gasteiger partial charge on any atom is 0.329 e. The number of rotatable bonds is 11. The predicted molar refractivity (Wildman–Crippen MR) is 146 cm³/mol. The van der Waals surface area contributed by atoms with Crippen LogP contribution >= 0.6 is 0 Å². The highest BCUT2D eigenvalue weighted by molar-refractivity contribution is 5.95. The van der Waals surface area contributed by atoms with Gasteiger partial charge < -0.3 is 30.7 Å². The second kappa shape index (κ2) is 12.3. The van der Waals surface area contributed by atoms with Crippen LogP contribution in [0, 0.1) is 0 Å². The summed E-state index contributed by atoms with van der Waals surface area (Å²) in [5.74, 6) is -1.84. The third-order valence-electron chi connectivity index (χ3n) is 6.85. The Balaban J connectivity index is 1.35. The van der Waals surface area contributed by atoms with Crippen molar-refractivity contribution in [1.82, 2.24) is 30.9 Å². The van der Waals surface area contributed by atoms with Crippen LogP contribution in [0.4, 0.5) is 0 Å². The highest BCUT2D eigenvalue weighted by Gasteiger charge is 2.33. The fraction of sp³-hybridized carbons (Fsp3) is 0.276. The van der Waals surface area contributed by atoms with Crippen LogP contribution in [0.15, 0.2) is 73.3 Å². The largest absolute Gasteiger partial charge is 0.459 e. The van der Waals surface area contributed by atoms with Crippen LogP contribution in [0.25, 0.3) is 10.9 Å². The van der Waals surface area contributed by atoms with Crippen LogP contribution in [-0.4, -0.2) is 56.8 Å². The molecule has 0 bridgehead atoms. The van der Waals surface area contributed by atoms with Gasteiger partial charge in [-0.1, -0.05) is 48.5 Å². The highest BCUT2D eigenvalue weighted by Crippen LogP contribution is 2.20. The third kappa shape index (κ3) is 6.55. The molecule has 2 aromatic heterocycles. The molecule has 0 saturated carbocycles. The van der Waals surface area contributed by atoms with Crippen LogP contribution in [0.3, 0.4) is 0 Å². The van der Waals surface area contributed by atoms with Gasteiger partial charge in [0, 0.05) is 48.3 Å². The molecule has 2 aromatic carbocycles. The van der Waals surface area contributed by atoms with Gasteiger partial charge in [0.1, 0.15) is 24.7 Å². The van der Waals surface area contributed by atoms with Crippen molar-refractivity contribution in [2.75, 3.05) is 0 Å². The maximum absolute atomic E-state index is 13.6. The lowest BCUT2D eigenvalue weighted by molar-refractivity contribution is -0.149. The van der Waals surface area contributed by atoms with Gasteiger partial charge >= 0.3 is 5.97 Å². The van der Waals surface area contributed by atoms with Gasteiger partial charge in [0.15, 0.2) is 0 Å². The number of nitrogens with zero attached hydrogens (tertiary/aromatic N) is 1. The lowest BCUT2D eigenvalue weighted by Gasteiger charge is -2.23. The van der Waals surface area contributed by atoms with E-state index in [2.05, 4.69) is 30.9 Å². The van der Waals surface area contributed by atoms with E-state index in [9.17, 15) is 19.2 Å². The molecular weight excluding hydrogens is 512 g/mol. The summed E-state index contributed by atoms with van der Waals surface area (Å²) >= 11 is 0. The summed E-state index contributed by atoms with van der Waals surface area (Å²) in [5, 5.41) is 9.09. The number of imidazole rings is 1. The molecule has 1 aliphatic rings. The van der Waals surface area contributed by atoms with E-state index in [0.717, 1.165) is 22.0 Å². The molecule has 3 heterocycles. The summed E-state index contributed by atoms with van der Waals surface area (Å²) in [7, 11) is 0. The minimum absolute atomic E-state index is 0.0512. The molecular formula is C29H30N6O5. The van der Waals surface area contributed by atoms with Gasteiger partial charge in [0.2, 0.25) is 17.7 Å². The van der Waals surface area contributed by atoms with Gasteiger partial charge in [-0.25, -0.2) is 9.78 Å². The number of carbonyl (C=O) groups excluding carboxylic acids is 4. The van der Waals surface area contributed by atoms with E-state index in [-0.39, 0.29) is 31.8 Å². The second-order valence-electron chi connectivity index (χ2n) is 9.72. The van der Waals surface area contributed by atoms with Gasteiger partial charge in [-0.3, -0.25) is 14.4 Å². The minimum atomic E-state index is -1.03. The molecule has 3 atom stereocenters. The number of aromatic nitrogens is 3. The number of carbonyl (C=O) groups is 4. The Morgan fingerprint density at radius 3 is 2.52 bits per heavy atom. The van der Waals surface area contributed by atoms with E-state index in [4.69, 9.17) is 4.74 Å². The Kier molecular flexibility index (Phi) is 8.19. The Morgan fingerprint density at radius 2 is 1.77 bits per heavy atom. The monoisotopic (exact) mass is 542 g/mol. The van der Waals surface area contributed by atoms with Crippen molar-refractivity contribution in [3.63, 3.8) is 0 Å². The van der Waals surface area contributed by atoms with Gasteiger partial charge in [-0.2, -0.15) is 0 Å². The summed E-state index contributed by atoms with van der Waals surface area (Å²) in [4.78, 5) is 61.6. The quantitative estimate of drug-likeness (QED) is 0.181. The second-order valence-corrected chi connectivity index (χ2v) is 9.72. The first-order valence-electron chi connectivity index (χ1n) is 13.1. The number of benzene rings is 2. The van der Waals surface area contributed by atoms with E-state index >= 15 is 0 Å². The molecule has 4 aromatic rings. The molecule has 0 radical (unpaired) electrons. The molecule has 5 N–H and O–H groups in total. The molecule has 5 rings (SSSR count). The van der Waals surface area contributed by atoms with E-state index < -0.39 is 35.9 Å². The number of amides is 3. The Morgan fingerprint density at radius 1 is 0.975 bits per heavy atom. The summed E-state index contributed by atoms with van der Waals surface area (Å²) in [6.45, 7) is 0.0512. The zero-order chi connectivity index (χ0) is 27.9. The molecule has 0 aliphatic carbocycles. The molecule has 11 nitrogen and oxygen atoms in total. The van der Waals surface area contributed by atoms with Gasteiger partial charge in [0.05, 0.1) is 6.33 Å². The molecule has 0 unspecified atom stereocenters. The smallest absolute Gasteiger partial charge is 0.329 e. The van der Waals surface area contributed by atoms with Crippen molar-refractivity contribution < 1.29 is 23.9 Å². The Labute approximate surface area is 230 Å². The van der Waals surface area contributed by atoms with Gasteiger partial charge in [-0.05, 0) is 23.6 Å². The fourth-order valence-corrected chi connectivity index (χ4v) is 4.72. The van der Waals surface area contributed by atoms with Crippen LogP contribution in [0.2, 0.25) is 0 Å². The van der Waals surface area contributed by atoms with E-state index in [1.54, 1.807) is 12.4 Å². The number of para-hydroxylation sites is 1. The van der Waals surface area contributed by atoms with Crippen molar-refractivity contribution in [2.24, 2.45) is 0 Å². The molecule has 1 fully saturated rings. The first kappa shape index (κ1) is 26.7. The van der Waals surface area contributed by atoms with Crippen molar-refractivity contribution >= 4 is 34.6 Å². The third-order valence-corrected chi connectivity index (χ3v) is 6.85. The summed E-state index contributed by atoms with van der Waals surface area (Å²) in [6.07, 6.45) is 5.71. The van der Waals surface area contributed by atoms with Crippen molar-refractivity contribution in [1.29, 1.82) is 0 Å². The number of ether oxygens (including phenoxy) is 1. The first-order chi connectivity index (χ1) is 19.5. The lowest BCUT2D eigenvalue weighted by Crippen LogP contribution is -2.55. The minimum Gasteiger partial charge on any atom is -0.459 e. The normalized spacial score (nSPS) is 16.2. The van der Waals surface area contributed by atoms with Gasteiger partial charge in [-0.15, -0.1) is 0 Å². The van der Waals surface area contributed by atoms with Crippen LogP contribution in [0.1, 0.15) is 29.7 Å². The Hall–Kier alpha value is -4.93. The number of fused-ring (bicyclic) bond motifs is 1. The van der Waals surface area contributed by atoms with Crippen molar-refractivity contribution in [2.45, 2.75) is 50.4 Å². The van der Waals surface area contributed by atoms with Crippen molar-refractivity contribution in [3.8, 4) is 0 Å². The average Bonchev–Trinajstić information content (AvgIpc) is 3.73. The molecule has 0 spiro atoms. The van der Waals surface area contributed by atoms with Crippen molar-refractivity contribution in [3.05, 3.63) is 90.1 Å². The topological polar surface area (TPSA) is 158 Å². The van der Waals surface area contributed by atoms with Crippen LogP contribution in [0.5, 0.6) is 0 Å². The van der Waals surface area contributed by atoms with E-state index in [0.29, 0.717) is 12.1 Å². The molecule has 1 aliphatic heterocycles. The number of esters is 1. The number of aromatic amines is 2. The summed E-state index contributed by atoms with van der Waals surface area (Å²) in [6, 6.07) is 14.2. The average molecular weight is 543 g/mol. The summed E-state index contributed by atoms with van der Waals surface area (Å²) in [5.41, 5.74) is 3.18. The van der Waals surface area contributed by atoms with Crippen LogP contribution in [-0.2, 0) is 43.4 Å². The number of hydrogen-bond acceptors (Lipinski definition) is 6. The zero-order valence-electron chi connectivity index (χ0n) is 21.7. The van der Waals surface area contributed by atoms with E-state index in [1.165, 1.54) is 6.33 Å². The maximum atomic E-state index is 13.6. The first-order valence-corrected chi connectivity index (χ1v) is 13.1. The SMILES string of the molecule is O=C1CC[C@@H](C(=O)N[C@@H](Cc2cnc[nH]2)C(=O)N[C@@H](Cc2c[nH]c3ccccc23)C(=O)OCc2ccccc2)N1. The van der Waals surface area contributed by atoms with Gasteiger partial charge in [0.25, 0.3) is 0 Å². The number of nitrogens with one attached hydrogen (secondary N) is 5.